The van der Waals surface area contributed by atoms with Crippen molar-refractivity contribution in [2.75, 3.05) is 6.61 Å². The highest BCUT2D eigenvalue weighted by Gasteiger charge is 2.14. The van der Waals surface area contributed by atoms with Crippen LogP contribution in [0.1, 0.15) is 30.8 Å². The maximum absolute atomic E-state index is 13.2. The molecule has 0 bridgehead atoms. The molecule has 0 saturated carbocycles. The number of hydrogen-bond acceptors (Lipinski definition) is 2. The maximum atomic E-state index is 13.2. The Balaban J connectivity index is 2.10. The first kappa shape index (κ1) is 15.7. The number of halogens is 1. The highest BCUT2D eigenvalue weighted by Crippen LogP contribution is 2.17. The maximum Gasteiger partial charge on any atom is 0.123 e. The number of hydrogen-bond donors (Lipinski definition) is 1. The summed E-state index contributed by atoms with van der Waals surface area (Å²) in [6, 6.07) is 8.71. The number of aryl methyl sites for hydroxylation is 2. The summed E-state index contributed by atoms with van der Waals surface area (Å²) < 4.78 is 15.2. The van der Waals surface area contributed by atoms with Crippen molar-refractivity contribution in [3.05, 3.63) is 53.1 Å². The van der Waals surface area contributed by atoms with Crippen molar-refractivity contribution in [2.24, 2.45) is 5.92 Å². The van der Waals surface area contributed by atoms with Gasteiger partial charge in [-0.15, -0.1) is 0 Å². The van der Waals surface area contributed by atoms with Crippen LogP contribution in [0.5, 0.6) is 0 Å². The predicted octanol–water partition coefficient (Wildman–Crippen LogP) is 3.00. The van der Waals surface area contributed by atoms with Gasteiger partial charge in [-0.1, -0.05) is 19.1 Å². The number of benzene rings is 1. The van der Waals surface area contributed by atoms with E-state index in [-0.39, 0.29) is 18.3 Å². The molecule has 21 heavy (non-hydrogen) atoms. The third-order valence-corrected chi connectivity index (χ3v) is 3.75. The minimum atomic E-state index is -0.226. The molecule has 0 fully saturated rings. The number of aliphatic hydroxyl groups is 1. The summed E-state index contributed by atoms with van der Waals surface area (Å²) >= 11 is 0. The van der Waals surface area contributed by atoms with Gasteiger partial charge in [-0.05, 0) is 55.9 Å². The Morgan fingerprint density at radius 2 is 2.05 bits per heavy atom. The molecule has 1 N–H and O–H groups in total. The van der Waals surface area contributed by atoms with Crippen molar-refractivity contribution in [2.45, 2.75) is 39.7 Å². The Bertz CT molecular complexity index is 580. The second-order valence-electron chi connectivity index (χ2n) is 5.38. The van der Waals surface area contributed by atoms with Gasteiger partial charge in [0.25, 0.3) is 0 Å². The second-order valence-corrected chi connectivity index (χ2v) is 5.38. The summed E-state index contributed by atoms with van der Waals surface area (Å²) in [6.45, 7) is 5.07. The molecule has 0 saturated heterocycles. The normalized spacial score (nSPS) is 12.6. The first-order valence-corrected chi connectivity index (χ1v) is 7.57. The quantitative estimate of drug-likeness (QED) is 0.851. The number of rotatable bonds is 7. The average molecular weight is 290 g/mol. The van der Waals surface area contributed by atoms with E-state index in [1.165, 1.54) is 12.1 Å². The van der Waals surface area contributed by atoms with E-state index < -0.39 is 0 Å². The Morgan fingerprint density at radius 1 is 1.24 bits per heavy atom. The van der Waals surface area contributed by atoms with Crippen molar-refractivity contribution in [3.8, 4) is 0 Å². The summed E-state index contributed by atoms with van der Waals surface area (Å²) in [5.74, 6) is -0.144. The molecular formula is C17H23FN2O. The number of aliphatic hydroxyl groups excluding tert-OH is 1. The fraction of sp³-hybridized carbons (Fsp3) is 0.471. The van der Waals surface area contributed by atoms with Crippen molar-refractivity contribution in [1.29, 1.82) is 0 Å². The molecule has 2 rings (SSSR count). The first-order chi connectivity index (χ1) is 10.2. The summed E-state index contributed by atoms with van der Waals surface area (Å²) in [6.07, 6.45) is 2.34. The third-order valence-electron chi connectivity index (χ3n) is 3.75. The van der Waals surface area contributed by atoms with Crippen LogP contribution in [0.2, 0.25) is 0 Å². The Labute approximate surface area is 125 Å². The van der Waals surface area contributed by atoms with Gasteiger partial charge >= 0.3 is 0 Å². The van der Waals surface area contributed by atoms with Gasteiger partial charge in [-0.2, -0.15) is 5.10 Å². The van der Waals surface area contributed by atoms with Crippen LogP contribution in [0.4, 0.5) is 4.39 Å². The molecule has 0 spiro atoms. The standard InChI is InChI=1S/C17H23FN2O/c1-3-16-11-17(20(4-2)19-16)10-14(12-21)8-13-6-5-7-15(18)9-13/h5-7,9,11,14,21H,3-4,8,10,12H2,1-2H3. The van der Waals surface area contributed by atoms with Crippen LogP contribution in [-0.4, -0.2) is 21.5 Å². The molecule has 3 nitrogen and oxygen atoms in total. The molecule has 1 atom stereocenters. The molecule has 0 aliphatic carbocycles. The average Bonchev–Trinajstić information content (AvgIpc) is 2.88. The Hall–Kier alpha value is -1.68. The fourth-order valence-corrected chi connectivity index (χ4v) is 2.62. The van der Waals surface area contributed by atoms with Crippen molar-refractivity contribution >= 4 is 0 Å². The van der Waals surface area contributed by atoms with Crippen LogP contribution in [0.25, 0.3) is 0 Å². The van der Waals surface area contributed by atoms with E-state index in [4.69, 9.17) is 0 Å². The molecule has 2 aromatic rings. The molecule has 1 heterocycles. The van der Waals surface area contributed by atoms with E-state index in [0.29, 0.717) is 6.42 Å². The van der Waals surface area contributed by atoms with Crippen LogP contribution in [0.3, 0.4) is 0 Å². The van der Waals surface area contributed by atoms with Crippen molar-refractivity contribution in [1.82, 2.24) is 9.78 Å². The monoisotopic (exact) mass is 290 g/mol. The van der Waals surface area contributed by atoms with E-state index in [1.54, 1.807) is 6.07 Å². The smallest absolute Gasteiger partial charge is 0.123 e. The molecule has 0 amide bonds. The molecule has 0 radical (unpaired) electrons. The van der Waals surface area contributed by atoms with Crippen molar-refractivity contribution < 1.29 is 9.50 Å². The summed E-state index contributed by atoms with van der Waals surface area (Å²) in [7, 11) is 0. The number of nitrogens with zero attached hydrogens (tertiary/aromatic N) is 2. The molecular weight excluding hydrogens is 267 g/mol. The lowest BCUT2D eigenvalue weighted by molar-refractivity contribution is 0.222. The van der Waals surface area contributed by atoms with E-state index in [2.05, 4.69) is 25.0 Å². The van der Waals surface area contributed by atoms with Gasteiger partial charge in [0.15, 0.2) is 0 Å². The summed E-state index contributed by atoms with van der Waals surface area (Å²) in [5.41, 5.74) is 3.14. The minimum Gasteiger partial charge on any atom is -0.396 e. The van der Waals surface area contributed by atoms with E-state index in [1.807, 2.05) is 10.7 Å². The Morgan fingerprint density at radius 3 is 2.67 bits per heavy atom. The van der Waals surface area contributed by atoms with Crippen LogP contribution >= 0.6 is 0 Å². The predicted molar refractivity (Wildman–Crippen MR) is 81.7 cm³/mol. The van der Waals surface area contributed by atoms with Gasteiger partial charge in [0, 0.05) is 18.8 Å². The van der Waals surface area contributed by atoms with E-state index in [9.17, 15) is 9.50 Å². The lowest BCUT2D eigenvalue weighted by Crippen LogP contribution is -2.16. The molecule has 1 unspecified atom stereocenters. The molecule has 114 valence electrons. The lowest BCUT2D eigenvalue weighted by Gasteiger charge is -2.15. The van der Waals surface area contributed by atoms with Gasteiger partial charge in [0.2, 0.25) is 0 Å². The first-order valence-electron chi connectivity index (χ1n) is 7.57. The van der Waals surface area contributed by atoms with Gasteiger partial charge in [0.1, 0.15) is 5.82 Å². The summed E-state index contributed by atoms with van der Waals surface area (Å²) in [4.78, 5) is 0. The van der Waals surface area contributed by atoms with Crippen LogP contribution in [0, 0.1) is 11.7 Å². The zero-order valence-corrected chi connectivity index (χ0v) is 12.7. The minimum absolute atomic E-state index is 0.0820. The largest absolute Gasteiger partial charge is 0.396 e. The molecule has 0 aliphatic rings. The summed E-state index contributed by atoms with van der Waals surface area (Å²) in [5, 5.41) is 14.2. The van der Waals surface area contributed by atoms with Crippen LogP contribution in [0.15, 0.2) is 30.3 Å². The van der Waals surface area contributed by atoms with Gasteiger partial charge in [-0.3, -0.25) is 4.68 Å². The highest BCUT2D eigenvalue weighted by molar-refractivity contribution is 5.18. The zero-order chi connectivity index (χ0) is 15.2. The van der Waals surface area contributed by atoms with Gasteiger partial charge in [0.05, 0.1) is 5.69 Å². The number of aromatic nitrogens is 2. The molecule has 0 aliphatic heterocycles. The topological polar surface area (TPSA) is 38.0 Å². The molecule has 1 aromatic heterocycles. The van der Waals surface area contributed by atoms with E-state index >= 15 is 0 Å². The molecule has 1 aromatic carbocycles. The van der Waals surface area contributed by atoms with Crippen LogP contribution in [-0.2, 0) is 25.8 Å². The SMILES string of the molecule is CCc1cc(CC(CO)Cc2cccc(F)c2)n(CC)n1. The zero-order valence-electron chi connectivity index (χ0n) is 12.7. The van der Waals surface area contributed by atoms with Gasteiger partial charge < -0.3 is 5.11 Å². The lowest BCUT2D eigenvalue weighted by atomic mass is 9.95. The van der Waals surface area contributed by atoms with Gasteiger partial charge in [-0.25, -0.2) is 4.39 Å². The van der Waals surface area contributed by atoms with E-state index in [0.717, 1.165) is 36.3 Å². The fourth-order valence-electron chi connectivity index (χ4n) is 2.62. The van der Waals surface area contributed by atoms with Crippen molar-refractivity contribution in [3.63, 3.8) is 0 Å². The molecule has 4 heteroatoms. The Kier molecular flexibility index (Phi) is 5.51. The van der Waals surface area contributed by atoms with Crippen LogP contribution < -0.4 is 0 Å². The second kappa shape index (κ2) is 7.36. The third kappa shape index (κ3) is 4.14. The highest BCUT2D eigenvalue weighted by atomic mass is 19.1.